The predicted molar refractivity (Wildman–Crippen MR) is 253 cm³/mol. The van der Waals surface area contributed by atoms with Gasteiger partial charge >= 0.3 is 12.0 Å². The van der Waals surface area contributed by atoms with Crippen LogP contribution in [0.1, 0.15) is 178 Å². The Morgan fingerprint density at radius 3 is 1.23 bits per heavy atom. The average molecular weight is 891 g/mol. The first-order valence-corrected chi connectivity index (χ1v) is 25.4. The first kappa shape index (κ1) is 47.5. The first-order chi connectivity index (χ1) is 32.0. The van der Waals surface area contributed by atoms with Crippen LogP contribution >= 0.6 is 0 Å². The van der Waals surface area contributed by atoms with Crippen molar-refractivity contribution in [3.8, 4) is 34.3 Å². The van der Waals surface area contributed by atoms with Crippen LogP contribution in [0.15, 0.2) is 73.3 Å². The molecule has 4 atom stereocenters. The molecule has 0 amide bonds. The Bertz CT molecular complexity index is 1830. The molecule has 352 valence electrons. The normalized spacial score (nSPS) is 21.1. The highest BCUT2D eigenvalue weighted by molar-refractivity contribution is 5.63. The van der Waals surface area contributed by atoms with E-state index in [1.165, 1.54) is 77.0 Å². The summed E-state index contributed by atoms with van der Waals surface area (Å²) in [6.45, 7) is 6.67. The fraction of sp³-hybridized carbons (Fsp3) is 0.630. The molecule has 4 fully saturated rings. The number of hydrogen-bond acceptors (Lipinski definition) is 11. The van der Waals surface area contributed by atoms with Crippen molar-refractivity contribution < 1.29 is 33.2 Å². The fourth-order valence-electron chi connectivity index (χ4n) is 9.98. The molecule has 4 aromatic rings. The number of hydrogen-bond donors (Lipinski definition) is 0. The molecule has 4 aliphatic rings. The largest absolute Gasteiger partial charge is 0.463 e. The highest BCUT2D eigenvalue weighted by Gasteiger charge is 2.49. The monoisotopic (exact) mass is 891 g/mol. The number of benzene rings is 2. The molecule has 2 unspecified atom stereocenters. The van der Waals surface area contributed by atoms with Gasteiger partial charge in [0.1, 0.15) is 24.4 Å². The fourth-order valence-corrected chi connectivity index (χ4v) is 9.98. The van der Waals surface area contributed by atoms with Crippen LogP contribution in [0.3, 0.4) is 0 Å². The molecule has 0 bridgehead atoms. The molecule has 11 nitrogen and oxygen atoms in total. The molecule has 2 saturated heterocycles. The molecule has 2 spiro atoms. The first-order valence-electron chi connectivity index (χ1n) is 25.4. The summed E-state index contributed by atoms with van der Waals surface area (Å²) in [5, 5.41) is 0. The van der Waals surface area contributed by atoms with E-state index in [0.29, 0.717) is 38.4 Å². The molecule has 2 aliphatic carbocycles. The molecule has 11 heteroatoms. The van der Waals surface area contributed by atoms with E-state index in [1.807, 2.05) is 24.8 Å². The van der Waals surface area contributed by atoms with Crippen molar-refractivity contribution in [3.05, 3.63) is 84.4 Å². The Hall–Kier alpha value is -4.00. The molecule has 2 saturated carbocycles. The van der Waals surface area contributed by atoms with E-state index >= 15 is 0 Å². The van der Waals surface area contributed by atoms with E-state index in [0.717, 1.165) is 97.6 Å². The third-order valence-corrected chi connectivity index (χ3v) is 13.8. The van der Waals surface area contributed by atoms with Gasteiger partial charge in [-0.1, -0.05) is 139 Å². The lowest BCUT2D eigenvalue weighted by Crippen LogP contribution is -2.37. The van der Waals surface area contributed by atoms with Crippen molar-refractivity contribution in [2.24, 2.45) is 0 Å². The minimum atomic E-state index is -0.562. The third-order valence-electron chi connectivity index (χ3n) is 13.8. The van der Waals surface area contributed by atoms with Gasteiger partial charge in [0, 0.05) is 61.6 Å². The molecule has 8 rings (SSSR count). The van der Waals surface area contributed by atoms with Crippen molar-refractivity contribution in [2.45, 2.75) is 191 Å². The van der Waals surface area contributed by atoms with Gasteiger partial charge in [0.05, 0.1) is 26.4 Å². The summed E-state index contributed by atoms with van der Waals surface area (Å²) in [7, 11) is 0. The SMILES string of the molecule is CCCCCCCCOc1ncc(-c2ccc([C@H](O[C@@H](c3ccc(-c4cnc(OCCCCCCCC)nc4)cc3)C3COC4(CCCCC4)O3)C3COC4(CCCCC4)O3)cc2)cn1. The average Bonchev–Trinajstić information content (AvgIpc) is 3.95. The lowest BCUT2D eigenvalue weighted by atomic mass is 9.94. The van der Waals surface area contributed by atoms with E-state index in [2.05, 4.69) is 82.3 Å². The highest BCUT2D eigenvalue weighted by Crippen LogP contribution is 2.47. The Labute approximate surface area is 388 Å². The van der Waals surface area contributed by atoms with Gasteiger partial charge < -0.3 is 33.2 Å². The van der Waals surface area contributed by atoms with Crippen molar-refractivity contribution in [2.75, 3.05) is 26.4 Å². The summed E-state index contributed by atoms with van der Waals surface area (Å²) in [6.07, 6.45) is 30.9. The van der Waals surface area contributed by atoms with Crippen LogP contribution in [-0.4, -0.2) is 70.1 Å². The molecule has 0 N–H and O–H groups in total. The van der Waals surface area contributed by atoms with Gasteiger partial charge in [-0.2, -0.15) is 0 Å². The zero-order chi connectivity index (χ0) is 44.6. The Morgan fingerprint density at radius 1 is 0.477 bits per heavy atom. The molecule has 0 radical (unpaired) electrons. The number of aromatic nitrogens is 4. The maximum Gasteiger partial charge on any atom is 0.316 e. The van der Waals surface area contributed by atoms with Crippen molar-refractivity contribution in [1.29, 1.82) is 0 Å². The van der Waals surface area contributed by atoms with E-state index in [-0.39, 0.29) is 12.2 Å². The summed E-state index contributed by atoms with van der Waals surface area (Å²) in [5.41, 5.74) is 5.91. The van der Waals surface area contributed by atoms with Crippen LogP contribution in [0, 0.1) is 0 Å². The van der Waals surface area contributed by atoms with E-state index in [4.69, 9.17) is 33.2 Å². The third kappa shape index (κ3) is 13.1. The lowest BCUT2D eigenvalue weighted by molar-refractivity contribution is -0.218. The molecular weight excluding hydrogens is 817 g/mol. The van der Waals surface area contributed by atoms with E-state index in [1.54, 1.807) is 0 Å². The predicted octanol–water partition coefficient (Wildman–Crippen LogP) is 13.0. The van der Waals surface area contributed by atoms with Crippen LogP contribution in [0.25, 0.3) is 22.3 Å². The van der Waals surface area contributed by atoms with Crippen LogP contribution < -0.4 is 9.47 Å². The van der Waals surface area contributed by atoms with Gasteiger partial charge in [0.2, 0.25) is 0 Å². The van der Waals surface area contributed by atoms with Gasteiger partial charge in [-0.05, 0) is 60.8 Å². The molecule has 2 aromatic heterocycles. The number of ether oxygens (including phenoxy) is 7. The summed E-state index contributed by atoms with van der Waals surface area (Å²) < 4.78 is 46.3. The minimum Gasteiger partial charge on any atom is -0.463 e. The van der Waals surface area contributed by atoms with Crippen molar-refractivity contribution in [1.82, 2.24) is 19.9 Å². The van der Waals surface area contributed by atoms with Gasteiger partial charge in [0.25, 0.3) is 0 Å². The number of nitrogens with zero attached hydrogens (tertiary/aromatic N) is 4. The Morgan fingerprint density at radius 2 is 0.846 bits per heavy atom. The van der Waals surface area contributed by atoms with Crippen LogP contribution in [0.2, 0.25) is 0 Å². The Kier molecular flexibility index (Phi) is 17.6. The van der Waals surface area contributed by atoms with Gasteiger partial charge in [0.15, 0.2) is 11.6 Å². The molecule has 2 aliphatic heterocycles. The Balaban J connectivity index is 0.992. The second kappa shape index (κ2) is 24.1. The maximum absolute atomic E-state index is 7.44. The van der Waals surface area contributed by atoms with Gasteiger partial charge in [-0.3, -0.25) is 0 Å². The van der Waals surface area contributed by atoms with Gasteiger partial charge in [-0.15, -0.1) is 0 Å². The van der Waals surface area contributed by atoms with Crippen LogP contribution in [0.5, 0.6) is 12.0 Å². The number of unbranched alkanes of at least 4 members (excludes halogenated alkanes) is 10. The van der Waals surface area contributed by atoms with Gasteiger partial charge in [-0.25, -0.2) is 19.9 Å². The van der Waals surface area contributed by atoms with E-state index in [9.17, 15) is 0 Å². The van der Waals surface area contributed by atoms with Crippen molar-refractivity contribution >= 4 is 0 Å². The lowest BCUT2D eigenvalue weighted by Gasteiger charge is -2.36. The number of rotatable bonds is 24. The zero-order valence-electron chi connectivity index (χ0n) is 39.3. The van der Waals surface area contributed by atoms with E-state index < -0.39 is 23.8 Å². The van der Waals surface area contributed by atoms with Crippen LogP contribution in [-0.2, 0) is 23.7 Å². The maximum atomic E-state index is 7.44. The van der Waals surface area contributed by atoms with Crippen molar-refractivity contribution in [3.63, 3.8) is 0 Å². The second-order valence-corrected chi connectivity index (χ2v) is 18.8. The molecular formula is C54H74N4O7. The molecule has 2 aromatic carbocycles. The summed E-state index contributed by atoms with van der Waals surface area (Å²) in [5.74, 6) is -1.12. The summed E-state index contributed by atoms with van der Waals surface area (Å²) in [6, 6.07) is 17.9. The second-order valence-electron chi connectivity index (χ2n) is 18.8. The quantitative estimate of drug-likeness (QED) is 0.0626. The zero-order valence-corrected chi connectivity index (χ0v) is 39.3. The summed E-state index contributed by atoms with van der Waals surface area (Å²) in [4.78, 5) is 18.2. The highest BCUT2D eigenvalue weighted by atomic mass is 16.8. The standard InChI is InChI=1S/C54H74N4O7/c1-3-5-7-9-11-19-33-59-51-55-35-45(36-56-51)41-21-25-43(26-22-41)49(47-39-61-53(64-47)29-15-13-16-30-53)63-50(48-40-62-54(65-48)31-17-14-18-32-54)44-27-23-42(24-28-44)46-37-57-52(58-38-46)60-34-20-12-10-8-6-4-2/h21-28,35-38,47-50H,3-20,29-34,39-40H2,1-2H3/t47?,48?,49-,50-/m0/s1. The smallest absolute Gasteiger partial charge is 0.316 e. The van der Waals surface area contributed by atoms with Crippen LogP contribution in [0.4, 0.5) is 0 Å². The molecule has 65 heavy (non-hydrogen) atoms. The summed E-state index contributed by atoms with van der Waals surface area (Å²) >= 11 is 0. The molecule has 4 heterocycles. The minimum absolute atomic E-state index is 0.308. The topological polar surface area (TPSA) is 116 Å².